The van der Waals surface area contributed by atoms with Crippen molar-refractivity contribution in [3.8, 4) is 0 Å². The molecular formula is C14H26O9. The number of aliphatic hydroxyl groups is 4. The van der Waals surface area contributed by atoms with Gasteiger partial charge >= 0.3 is 5.97 Å². The fraction of sp³-hybridized carbons (Fsp3) is 0.786. The first-order valence-corrected chi connectivity index (χ1v) is 7.14. The van der Waals surface area contributed by atoms with Gasteiger partial charge in [-0.05, 0) is 13.3 Å². The lowest BCUT2D eigenvalue weighted by molar-refractivity contribution is -0.149. The van der Waals surface area contributed by atoms with Crippen molar-refractivity contribution in [3.63, 3.8) is 0 Å². The summed E-state index contributed by atoms with van der Waals surface area (Å²) in [6.07, 6.45) is -1.44. The summed E-state index contributed by atoms with van der Waals surface area (Å²) < 4.78 is 19.6. The van der Waals surface area contributed by atoms with Crippen LogP contribution in [-0.2, 0) is 23.7 Å². The third kappa shape index (κ3) is 14.5. The number of esters is 1. The average Bonchev–Trinajstić information content (AvgIpc) is 2.52. The first kappa shape index (κ1) is 22.2. The molecule has 9 heteroatoms. The molecule has 0 saturated heterocycles. The van der Waals surface area contributed by atoms with Crippen molar-refractivity contribution in [1.29, 1.82) is 0 Å². The van der Waals surface area contributed by atoms with E-state index < -0.39 is 30.9 Å². The second-order valence-corrected chi connectivity index (χ2v) is 4.71. The molecule has 9 nitrogen and oxygen atoms in total. The number of hydrogen-bond donors (Lipinski definition) is 4. The molecule has 0 bridgehead atoms. The lowest BCUT2D eigenvalue weighted by atomic mass is 10.4. The van der Waals surface area contributed by atoms with E-state index in [1.54, 1.807) is 0 Å². The molecule has 23 heavy (non-hydrogen) atoms. The maximum atomic E-state index is 11.1. The molecule has 0 aromatic rings. The van der Waals surface area contributed by atoms with Crippen molar-refractivity contribution in [2.24, 2.45) is 0 Å². The molecule has 3 atom stereocenters. The summed E-state index contributed by atoms with van der Waals surface area (Å²) in [5.41, 5.74) is 0. The zero-order chi connectivity index (χ0) is 17.5. The topological polar surface area (TPSA) is 135 Å². The molecule has 0 fully saturated rings. The molecule has 0 spiro atoms. The van der Waals surface area contributed by atoms with E-state index in [4.69, 9.17) is 24.4 Å². The Balaban J connectivity index is 3.51. The van der Waals surface area contributed by atoms with Crippen LogP contribution in [0.5, 0.6) is 0 Å². The highest BCUT2D eigenvalue weighted by Crippen LogP contribution is 1.94. The van der Waals surface area contributed by atoms with Crippen LogP contribution >= 0.6 is 0 Å². The zero-order valence-electron chi connectivity index (χ0n) is 13.0. The van der Waals surface area contributed by atoms with Crippen LogP contribution in [-0.4, -0.2) is 97.6 Å². The molecule has 4 N–H and O–H groups in total. The van der Waals surface area contributed by atoms with E-state index in [1.165, 1.54) is 6.42 Å². The summed E-state index contributed by atoms with van der Waals surface area (Å²) in [7, 11) is 0. The van der Waals surface area contributed by atoms with Crippen molar-refractivity contribution < 1.29 is 44.2 Å². The Labute approximate surface area is 135 Å². The van der Waals surface area contributed by atoms with Gasteiger partial charge in [0.1, 0.15) is 24.9 Å². The Hall–Kier alpha value is -0.810. The standard InChI is InChI=1S/C14H26O9/c1-2-3-23-14(19)10-22-9-13(18)8-21-7-12(17)6-20-5-11(16)4-15/h2,11-13,15-18H,1,3-10H2. The minimum absolute atomic E-state index is 0.0706. The maximum Gasteiger partial charge on any atom is 0.332 e. The first-order valence-electron chi connectivity index (χ1n) is 7.14. The lowest BCUT2D eigenvalue weighted by Gasteiger charge is -2.15. The Morgan fingerprint density at radius 3 is 1.87 bits per heavy atom. The zero-order valence-corrected chi connectivity index (χ0v) is 13.0. The van der Waals surface area contributed by atoms with Gasteiger partial charge in [0.05, 0.1) is 46.2 Å². The van der Waals surface area contributed by atoms with E-state index in [9.17, 15) is 15.0 Å². The van der Waals surface area contributed by atoms with Gasteiger partial charge in [-0.15, -0.1) is 0 Å². The van der Waals surface area contributed by atoms with Gasteiger partial charge in [-0.1, -0.05) is 0 Å². The Kier molecular flexibility index (Phi) is 14.2. The lowest BCUT2D eigenvalue weighted by Crippen LogP contribution is -2.29. The van der Waals surface area contributed by atoms with Crippen molar-refractivity contribution in [3.05, 3.63) is 13.3 Å². The van der Waals surface area contributed by atoms with Crippen molar-refractivity contribution in [2.75, 3.05) is 52.9 Å². The Bertz CT molecular complexity index is 287. The fourth-order valence-corrected chi connectivity index (χ4v) is 1.30. The second kappa shape index (κ2) is 14.8. The average molecular weight is 338 g/mol. The molecule has 136 valence electrons. The monoisotopic (exact) mass is 338 g/mol. The smallest absolute Gasteiger partial charge is 0.332 e. The fourth-order valence-electron chi connectivity index (χ4n) is 1.30. The second-order valence-electron chi connectivity index (χ2n) is 4.71. The van der Waals surface area contributed by atoms with E-state index in [0.717, 1.165) is 0 Å². The van der Waals surface area contributed by atoms with Gasteiger partial charge < -0.3 is 39.4 Å². The molecule has 0 aliphatic heterocycles. The molecule has 0 aliphatic carbocycles. The van der Waals surface area contributed by atoms with Crippen LogP contribution in [0.2, 0.25) is 0 Å². The highest BCUT2D eigenvalue weighted by Gasteiger charge is 2.11. The summed E-state index contributed by atoms with van der Waals surface area (Å²) >= 11 is 0. The summed E-state index contributed by atoms with van der Waals surface area (Å²) in [6.45, 7) is 2.36. The molecule has 2 radical (unpaired) electrons. The summed E-state index contributed by atoms with van der Waals surface area (Å²) in [5, 5.41) is 36.6. The van der Waals surface area contributed by atoms with Crippen LogP contribution in [0.1, 0.15) is 0 Å². The van der Waals surface area contributed by atoms with Crippen LogP contribution in [0, 0.1) is 13.3 Å². The predicted molar refractivity (Wildman–Crippen MR) is 78.2 cm³/mol. The third-order valence-corrected chi connectivity index (χ3v) is 2.34. The van der Waals surface area contributed by atoms with Gasteiger partial charge in [-0.3, -0.25) is 0 Å². The quantitative estimate of drug-likeness (QED) is 0.243. The highest BCUT2D eigenvalue weighted by atomic mass is 16.6. The van der Waals surface area contributed by atoms with Gasteiger partial charge in [-0.25, -0.2) is 4.79 Å². The van der Waals surface area contributed by atoms with Crippen LogP contribution in [0.3, 0.4) is 0 Å². The van der Waals surface area contributed by atoms with Gasteiger partial charge in [0.25, 0.3) is 0 Å². The summed E-state index contributed by atoms with van der Waals surface area (Å²) in [4.78, 5) is 11.1. The van der Waals surface area contributed by atoms with Gasteiger partial charge in [-0.2, -0.15) is 0 Å². The number of carbonyl (C=O) groups is 1. The molecule has 0 aromatic carbocycles. The van der Waals surface area contributed by atoms with E-state index >= 15 is 0 Å². The minimum atomic E-state index is -0.986. The van der Waals surface area contributed by atoms with Crippen LogP contribution < -0.4 is 0 Å². The van der Waals surface area contributed by atoms with Crippen LogP contribution in [0.15, 0.2) is 0 Å². The minimum Gasteiger partial charge on any atom is -0.464 e. The number of carbonyl (C=O) groups excluding carboxylic acids is 1. The van der Waals surface area contributed by atoms with Gasteiger partial charge in [0.2, 0.25) is 0 Å². The van der Waals surface area contributed by atoms with E-state index in [0.29, 0.717) is 0 Å². The van der Waals surface area contributed by atoms with Crippen molar-refractivity contribution in [1.82, 2.24) is 0 Å². The Morgan fingerprint density at radius 2 is 1.39 bits per heavy atom. The van der Waals surface area contributed by atoms with Crippen molar-refractivity contribution in [2.45, 2.75) is 18.3 Å². The molecule has 0 amide bonds. The summed E-state index contributed by atoms with van der Waals surface area (Å²) in [5.74, 6) is -0.560. The number of aliphatic hydroxyl groups excluding tert-OH is 4. The van der Waals surface area contributed by atoms with Crippen molar-refractivity contribution >= 4 is 5.97 Å². The molecule has 0 aliphatic rings. The molecule has 0 heterocycles. The third-order valence-electron chi connectivity index (χ3n) is 2.34. The van der Waals surface area contributed by atoms with Crippen LogP contribution in [0.4, 0.5) is 0 Å². The molecule has 0 rings (SSSR count). The number of rotatable bonds is 15. The predicted octanol–water partition coefficient (Wildman–Crippen LogP) is -2.31. The highest BCUT2D eigenvalue weighted by molar-refractivity contribution is 5.70. The Morgan fingerprint density at radius 1 is 0.913 bits per heavy atom. The van der Waals surface area contributed by atoms with Gasteiger partial charge in [0.15, 0.2) is 0 Å². The van der Waals surface area contributed by atoms with Crippen LogP contribution in [0.25, 0.3) is 0 Å². The molecule has 0 saturated carbocycles. The SMILES string of the molecule is [CH2][CH]COC(=O)COCC(O)COCC(O)COCC(O)CO. The first-order chi connectivity index (χ1) is 11.0. The summed E-state index contributed by atoms with van der Waals surface area (Å²) in [6, 6.07) is 0. The molecule has 3 unspecified atom stereocenters. The normalized spacial score (nSPS) is 15.2. The number of ether oxygens (including phenoxy) is 4. The molecular weight excluding hydrogens is 312 g/mol. The number of hydrogen-bond acceptors (Lipinski definition) is 9. The largest absolute Gasteiger partial charge is 0.464 e. The van der Waals surface area contributed by atoms with E-state index in [1.807, 2.05) is 0 Å². The van der Waals surface area contributed by atoms with E-state index in [-0.39, 0.29) is 46.2 Å². The van der Waals surface area contributed by atoms with E-state index in [2.05, 4.69) is 11.7 Å². The van der Waals surface area contributed by atoms with Gasteiger partial charge in [0, 0.05) is 0 Å². The molecule has 0 aromatic heterocycles. The maximum absolute atomic E-state index is 11.1.